The molecule has 1 N–H and O–H groups in total. The molecule has 0 saturated carbocycles. The number of benzene rings is 1. The van der Waals surface area contributed by atoms with E-state index in [9.17, 15) is 9.59 Å². The van der Waals surface area contributed by atoms with Crippen molar-refractivity contribution in [2.24, 2.45) is 0 Å². The van der Waals surface area contributed by atoms with Crippen molar-refractivity contribution >= 4 is 18.1 Å². The van der Waals surface area contributed by atoms with Crippen LogP contribution in [0.2, 0.25) is 0 Å². The van der Waals surface area contributed by atoms with E-state index in [-0.39, 0.29) is 6.42 Å². The van der Waals surface area contributed by atoms with Crippen LogP contribution in [-0.2, 0) is 16.1 Å². The summed E-state index contributed by atoms with van der Waals surface area (Å²) in [5, 5.41) is 8.79. The number of hydrogen-bond acceptors (Lipinski definition) is 4. The highest BCUT2D eigenvalue weighted by molar-refractivity contribution is 5.75. The van der Waals surface area contributed by atoms with Gasteiger partial charge in [0.1, 0.15) is 0 Å². The molecule has 0 spiro atoms. The second kappa shape index (κ2) is 27.2. The van der Waals surface area contributed by atoms with Gasteiger partial charge in [0.05, 0.1) is 6.42 Å². The molecule has 0 bridgehead atoms. The predicted octanol–water partition coefficient (Wildman–Crippen LogP) is 7.77. The lowest BCUT2D eigenvalue weighted by Crippen LogP contribution is -2.31. The summed E-state index contributed by atoms with van der Waals surface area (Å²) < 4.78 is 0. The minimum atomic E-state index is -0.794. The Morgan fingerprint density at radius 2 is 1.50 bits per heavy atom. The Morgan fingerprint density at radius 1 is 0.947 bits per heavy atom. The SMILES string of the molecule is C=C/C=C(\C=C(/C)N(C)CCN(C=O)c1ccc(CN(C)CCC(=O)O)cc1)CCC.CC.CC.CCC. The van der Waals surface area contributed by atoms with Crippen LogP contribution in [0.4, 0.5) is 5.69 Å². The maximum absolute atomic E-state index is 11.7. The van der Waals surface area contributed by atoms with Crippen molar-refractivity contribution in [1.29, 1.82) is 0 Å². The van der Waals surface area contributed by atoms with Gasteiger partial charge in [0, 0.05) is 44.6 Å². The van der Waals surface area contributed by atoms with Gasteiger partial charge in [-0.05, 0) is 49.7 Å². The van der Waals surface area contributed by atoms with Gasteiger partial charge in [-0.3, -0.25) is 9.59 Å². The maximum Gasteiger partial charge on any atom is 0.304 e. The number of carbonyl (C=O) groups is 2. The number of nitrogens with zero attached hydrogens (tertiary/aromatic N) is 3. The Bertz CT molecular complexity index is 786. The van der Waals surface area contributed by atoms with Gasteiger partial charge in [-0.25, -0.2) is 0 Å². The molecule has 0 aliphatic heterocycles. The van der Waals surface area contributed by atoms with E-state index in [4.69, 9.17) is 5.11 Å². The van der Waals surface area contributed by atoms with Gasteiger partial charge in [-0.2, -0.15) is 0 Å². The summed E-state index contributed by atoms with van der Waals surface area (Å²) in [5.41, 5.74) is 4.32. The zero-order chi connectivity index (χ0) is 29.9. The van der Waals surface area contributed by atoms with E-state index in [0.29, 0.717) is 26.2 Å². The van der Waals surface area contributed by atoms with E-state index in [1.165, 1.54) is 12.0 Å². The van der Waals surface area contributed by atoms with Crippen molar-refractivity contribution < 1.29 is 14.7 Å². The fourth-order valence-electron chi connectivity index (χ4n) is 3.17. The quantitative estimate of drug-likeness (QED) is 0.185. The van der Waals surface area contributed by atoms with Crippen molar-refractivity contribution in [3.8, 4) is 0 Å². The van der Waals surface area contributed by atoms with Crippen LogP contribution in [0, 0.1) is 0 Å². The molecule has 0 heterocycles. The van der Waals surface area contributed by atoms with Gasteiger partial charge in [0.15, 0.2) is 0 Å². The van der Waals surface area contributed by atoms with Crippen LogP contribution < -0.4 is 4.90 Å². The standard InChI is InChI=1S/C25H37N3O3.C3H8.2C2H6/c1-6-8-22(9-7-2)18-21(3)27(5)16-17-28(20-29)24-12-10-23(11-13-24)19-26(4)15-14-25(30)31;1-3-2;2*1-2/h6,8,10-13,18,20H,1,7,9,14-17,19H2,2-5H3,(H,30,31);3H2,1-2H3;2*1-2H3/b21-18+,22-8-;;;. The molecule has 1 amide bonds. The summed E-state index contributed by atoms with van der Waals surface area (Å²) in [6, 6.07) is 7.83. The first-order chi connectivity index (χ1) is 18.2. The molecule has 0 aromatic heterocycles. The third kappa shape index (κ3) is 20.2. The smallest absolute Gasteiger partial charge is 0.304 e. The van der Waals surface area contributed by atoms with Crippen LogP contribution >= 0.6 is 0 Å². The summed E-state index contributed by atoms with van der Waals surface area (Å²) in [4.78, 5) is 28.2. The first-order valence-electron chi connectivity index (χ1n) is 14.1. The Labute approximate surface area is 234 Å². The molecule has 1 aromatic carbocycles. The van der Waals surface area contributed by atoms with Crippen molar-refractivity contribution in [2.75, 3.05) is 38.6 Å². The van der Waals surface area contributed by atoms with Gasteiger partial charge < -0.3 is 19.8 Å². The maximum atomic E-state index is 11.7. The van der Waals surface area contributed by atoms with Crippen LogP contribution in [0.25, 0.3) is 0 Å². The van der Waals surface area contributed by atoms with Crippen LogP contribution in [0.15, 0.2) is 60.3 Å². The van der Waals surface area contributed by atoms with Crippen molar-refractivity contribution in [3.63, 3.8) is 0 Å². The number of allylic oxidation sites excluding steroid dienone is 5. The number of anilines is 1. The van der Waals surface area contributed by atoms with Crippen LogP contribution in [0.1, 0.15) is 86.6 Å². The fraction of sp³-hybridized carbons (Fsp3) is 0.562. The average molecular weight is 532 g/mol. The lowest BCUT2D eigenvalue weighted by atomic mass is 10.1. The van der Waals surface area contributed by atoms with E-state index >= 15 is 0 Å². The number of likely N-dealkylation sites (N-methyl/N-ethyl adjacent to an activating group) is 1. The van der Waals surface area contributed by atoms with Gasteiger partial charge in [-0.15, -0.1) is 0 Å². The molecule has 0 aliphatic rings. The molecule has 0 aliphatic carbocycles. The van der Waals surface area contributed by atoms with Crippen molar-refractivity contribution in [3.05, 3.63) is 65.9 Å². The van der Waals surface area contributed by atoms with Crippen molar-refractivity contribution in [2.45, 2.75) is 87.6 Å². The largest absolute Gasteiger partial charge is 0.481 e. The summed E-state index contributed by atoms with van der Waals surface area (Å²) in [7, 11) is 3.93. The summed E-state index contributed by atoms with van der Waals surface area (Å²) in [6.07, 6.45) is 10.4. The third-order valence-electron chi connectivity index (χ3n) is 5.10. The first-order valence-corrected chi connectivity index (χ1v) is 14.1. The molecule has 38 heavy (non-hydrogen) atoms. The lowest BCUT2D eigenvalue weighted by molar-refractivity contribution is -0.137. The highest BCUT2D eigenvalue weighted by atomic mass is 16.4. The molecule has 6 nitrogen and oxygen atoms in total. The normalized spacial score (nSPS) is 10.6. The molecular weight excluding hydrogens is 474 g/mol. The molecule has 0 atom stereocenters. The minimum absolute atomic E-state index is 0.123. The Morgan fingerprint density at radius 3 is 1.95 bits per heavy atom. The molecular formula is C32H57N3O3. The van der Waals surface area contributed by atoms with Crippen LogP contribution in [-0.4, -0.2) is 61.0 Å². The van der Waals surface area contributed by atoms with Gasteiger partial charge in [-0.1, -0.05) is 92.2 Å². The van der Waals surface area contributed by atoms with E-state index in [2.05, 4.69) is 45.2 Å². The first kappa shape index (κ1) is 39.6. The Hall–Kier alpha value is -2.86. The van der Waals surface area contributed by atoms with Crippen LogP contribution in [0.3, 0.4) is 0 Å². The zero-order valence-electron chi connectivity index (χ0n) is 26.1. The summed E-state index contributed by atoms with van der Waals surface area (Å²) >= 11 is 0. The summed E-state index contributed by atoms with van der Waals surface area (Å²) in [6.45, 7) is 22.7. The minimum Gasteiger partial charge on any atom is -0.481 e. The number of carboxylic acid groups (broad SMARTS) is 1. The summed E-state index contributed by atoms with van der Waals surface area (Å²) in [5.74, 6) is -0.794. The number of hydrogen-bond donors (Lipinski definition) is 1. The van der Waals surface area contributed by atoms with Gasteiger partial charge in [0.2, 0.25) is 6.41 Å². The molecule has 0 radical (unpaired) electrons. The van der Waals surface area contributed by atoms with Gasteiger partial charge in [0.25, 0.3) is 0 Å². The highest BCUT2D eigenvalue weighted by Crippen LogP contribution is 2.16. The molecule has 0 unspecified atom stereocenters. The molecule has 1 rings (SSSR count). The number of carbonyl (C=O) groups excluding carboxylic acids is 1. The number of rotatable bonds is 15. The Balaban J connectivity index is -0.00000159. The molecule has 1 aromatic rings. The Kier molecular flexibility index (Phi) is 28.4. The lowest BCUT2D eigenvalue weighted by Gasteiger charge is -2.25. The monoisotopic (exact) mass is 531 g/mol. The number of aliphatic carboxylic acids is 1. The van der Waals surface area contributed by atoms with E-state index in [0.717, 1.165) is 36.2 Å². The van der Waals surface area contributed by atoms with E-state index in [1.54, 1.807) is 4.90 Å². The van der Waals surface area contributed by atoms with Gasteiger partial charge >= 0.3 is 5.97 Å². The highest BCUT2D eigenvalue weighted by Gasteiger charge is 2.09. The molecule has 0 fully saturated rings. The van der Waals surface area contributed by atoms with E-state index in [1.807, 2.05) is 83.1 Å². The average Bonchev–Trinajstić information content (AvgIpc) is 2.91. The topological polar surface area (TPSA) is 64.1 Å². The molecule has 218 valence electrons. The second-order valence-electron chi connectivity index (χ2n) is 8.49. The van der Waals surface area contributed by atoms with E-state index < -0.39 is 5.97 Å². The second-order valence-corrected chi connectivity index (χ2v) is 8.49. The van der Waals surface area contributed by atoms with Crippen LogP contribution in [0.5, 0.6) is 0 Å². The zero-order valence-corrected chi connectivity index (χ0v) is 26.1. The number of carboxylic acids is 1. The third-order valence-corrected chi connectivity index (χ3v) is 5.10. The van der Waals surface area contributed by atoms with Crippen molar-refractivity contribution in [1.82, 2.24) is 9.80 Å². The molecule has 0 saturated heterocycles. The fourth-order valence-corrected chi connectivity index (χ4v) is 3.17. The number of amides is 1. The predicted molar refractivity (Wildman–Crippen MR) is 167 cm³/mol. The molecule has 6 heteroatoms.